The van der Waals surface area contributed by atoms with Crippen LogP contribution in [0.25, 0.3) is 0 Å². The zero-order valence-corrected chi connectivity index (χ0v) is 24.1. The van der Waals surface area contributed by atoms with Crippen LogP contribution < -0.4 is 0 Å². The van der Waals surface area contributed by atoms with Gasteiger partial charge in [0, 0.05) is 5.56 Å². The Hall–Kier alpha value is -3.19. The number of phenols is 1. The molecule has 0 aliphatic heterocycles. The van der Waals surface area contributed by atoms with Crippen molar-refractivity contribution in [1.82, 2.24) is 0 Å². The van der Waals surface area contributed by atoms with E-state index in [1.807, 2.05) is 0 Å². The first-order chi connectivity index (χ1) is 23.5. The summed E-state index contributed by atoms with van der Waals surface area (Å²) in [7, 11) is 0. The Morgan fingerprint density at radius 2 is 0.564 bits per heavy atom. The second kappa shape index (κ2) is 12.9. The Balaban J connectivity index is 3.95. The highest BCUT2D eigenvalue weighted by Crippen LogP contribution is 2.68. The van der Waals surface area contributed by atoms with Crippen LogP contribution in [0.15, 0.2) is 24.3 Å². The molecule has 0 atom stereocenters. The Labute approximate surface area is 278 Å². The topological polar surface area (TPSA) is 29.5 Å². The fourth-order valence-electron chi connectivity index (χ4n) is 3.71. The van der Waals surface area contributed by atoms with E-state index in [0.717, 1.165) is 0 Å². The first-order valence-corrected chi connectivity index (χ1v) is 12.2. The lowest BCUT2D eigenvalue weighted by atomic mass is 9.84. The quantitative estimate of drug-likeness (QED) is 0.189. The lowest BCUT2D eigenvalue weighted by Crippen LogP contribution is -2.78. The third-order valence-corrected chi connectivity index (χ3v) is 6.91. The summed E-state index contributed by atoms with van der Waals surface area (Å²) in [6.07, 6.45) is -23.0. The standard InChI is InChI=1S/C22H7F31O2/c23-8(24,5-55-9(20(45,46)47,21(48,49)50)6-1-3-7(54)4-2-6)10(25,26)11(27,28)12(29,30)13(31,32)14(33,34)15(35,36)16(37,38)17(39,40)18(41,42)19(43,44)22(51,52)53/h1-4,54H,5H2. The van der Waals surface area contributed by atoms with Gasteiger partial charge in [-0.05, 0) is 12.1 Å². The lowest BCUT2D eigenvalue weighted by molar-refractivity contribution is -0.483. The van der Waals surface area contributed by atoms with Crippen LogP contribution in [-0.2, 0) is 10.3 Å². The van der Waals surface area contributed by atoms with Crippen molar-refractivity contribution in [2.24, 2.45) is 0 Å². The predicted octanol–water partition coefficient (Wildman–Crippen LogP) is 11.3. The van der Waals surface area contributed by atoms with Crippen molar-refractivity contribution in [3.63, 3.8) is 0 Å². The van der Waals surface area contributed by atoms with Crippen molar-refractivity contribution in [3.8, 4) is 5.75 Å². The lowest BCUT2D eigenvalue weighted by Gasteiger charge is -2.45. The number of alkyl halides is 31. The summed E-state index contributed by atoms with van der Waals surface area (Å²) in [5, 5.41) is 8.99. The number of aromatic hydroxyl groups is 1. The zero-order chi connectivity index (χ0) is 44.9. The fraction of sp³-hybridized carbons (Fsp3) is 0.727. The van der Waals surface area contributed by atoms with Gasteiger partial charge in [-0.2, -0.15) is 136 Å². The van der Waals surface area contributed by atoms with Crippen LogP contribution in [0.1, 0.15) is 5.56 Å². The number of phenolic OH excluding ortho intramolecular Hbond substituents is 1. The second-order valence-electron chi connectivity index (χ2n) is 10.5. The van der Waals surface area contributed by atoms with Crippen molar-refractivity contribution >= 4 is 0 Å². The molecule has 0 bridgehead atoms. The number of hydrogen-bond acceptors (Lipinski definition) is 2. The summed E-state index contributed by atoms with van der Waals surface area (Å²) < 4.78 is 424. The summed E-state index contributed by atoms with van der Waals surface area (Å²) in [5.41, 5.74) is -9.20. The molecule has 1 N–H and O–H groups in total. The summed E-state index contributed by atoms with van der Waals surface area (Å²) in [6, 6.07) is -1.55. The highest BCUT2D eigenvalue weighted by Gasteiger charge is 2.99. The SMILES string of the molecule is Oc1ccc(C(OCC(F)(F)C(F)(F)C(F)(F)C(F)(F)C(F)(F)C(F)(F)C(F)(F)C(F)(F)C(F)(F)C(F)(F)C(F)(F)C(F)(F)F)(C(F)(F)F)C(F)(F)F)cc1. The van der Waals surface area contributed by atoms with E-state index in [1.165, 1.54) is 0 Å². The molecule has 0 aromatic heterocycles. The number of ether oxygens (including phenoxy) is 1. The molecule has 2 nitrogen and oxygen atoms in total. The van der Waals surface area contributed by atoms with E-state index >= 15 is 0 Å². The largest absolute Gasteiger partial charge is 0.508 e. The van der Waals surface area contributed by atoms with Crippen LogP contribution >= 0.6 is 0 Å². The van der Waals surface area contributed by atoms with Gasteiger partial charge in [0.1, 0.15) is 12.4 Å². The maximum atomic E-state index is 14.2. The Kier molecular flexibility index (Phi) is 11.7. The van der Waals surface area contributed by atoms with E-state index < -0.39 is 119 Å². The molecule has 1 rings (SSSR count). The van der Waals surface area contributed by atoms with Crippen LogP contribution in [0.4, 0.5) is 136 Å². The van der Waals surface area contributed by atoms with Gasteiger partial charge in [0.05, 0.1) is 0 Å². The Morgan fingerprint density at radius 3 is 0.800 bits per heavy atom. The number of halogens is 31. The van der Waals surface area contributed by atoms with Gasteiger partial charge in [-0.25, -0.2) is 0 Å². The molecule has 0 amide bonds. The molecular weight excluding hydrogens is 885 g/mol. The summed E-state index contributed by atoms with van der Waals surface area (Å²) in [6.45, 7) is -4.78. The molecule has 55 heavy (non-hydrogen) atoms. The average Bonchev–Trinajstić information content (AvgIpc) is 2.95. The molecule has 1 aromatic rings. The van der Waals surface area contributed by atoms with Crippen LogP contribution in [0, 0.1) is 0 Å². The van der Waals surface area contributed by atoms with Gasteiger partial charge in [-0.3, -0.25) is 0 Å². The van der Waals surface area contributed by atoms with Crippen LogP contribution in [0.3, 0.4) is 0 Å². The zero-order valence-electron chi connectivity index (χ0n) is 24.1. The van der Waals surface area contributed by atoms with Gasteiger partial charge in [0.15, 0.2) is 0 Å². The van der Waals surface area contributed by atoms with Gasteiger partial charge in [-0.15, -0.1) is 0 Å². The molecule has 0 fully saturated rings. The highest BCUT2D eigenvalue weighted by atomic mass is 19.4. The molecular formula is C22H7F31O2. The van der Waals surface area contributed by atoms with E-state index in [4.69, 9.17) is 5.11 Å². The first-order valence-electron chi connectivity index (χ1n) is 12.2. The summed E-state index contributed by atoms with van der Waals surface area (Å²) in [5.74, 6) is -105. The van der Waals surface area contributed by atoms with Gasteiger partial charge in [-0.1, -0.05) is 12.1 Å². The van der Waals surface area contributed by atoms with E-state index in [2.05, 4.69) is 4.74 Å². The van der Waals surface area contributed by atoms with E-state index in [0.29, 0.717) is 0 Å². The molecule has 1 aromatic carbocycles. The molecule has 0 heterocycles. The Morgan fingerprint density at radius 1 is 0.327 bits per heavy atom. The second-order valence-corrected chi connectivity index (χ2v) is 10.5. The maximum Gasteiger partial charge on any atom is 0.460 e. The minimum Gasteiger partial charge on any atom is -0.508 e. The monoisotopic (exact) mass is 892 g/mol. The third kappa shape index (κ3) is 6.47. The van der Waals surface area contributed by atoms with Crippen LogP contribution in [-0.4, -0.2) is 95.4 Å². The molecule has 0 saturated heterocycles. The molecule has 0 aliphatic carbocycles. The highest BCUT2D eigenvalue weighted by molar-refractivity contribution is 5.33. The molecule has 0 spiro atoms. The van der Waals surface area contributed by atoms with Gasteiger partial charge >= 0.3 is 83.7 Å². The molecule has 324 valence electrons. The van der Waals surface area contributed by atoms with Crippen molar-refractivity contribution in [3.05, 3.63) is 29.8 Å². The van der Waals surface area contributed by atoms with Gasteiger partial charge in [0.25, 0.3) is 5.60 Å². The van der Waals surface area contributed by atoms with Crippen molar-refractivity contribution in [2.45, 2.75) is 89.3 Å². The minimum absolute atomic E-state index is 0.188. The molecule has 0 unspecified atom stereocenters. The van der Waals surface area contributed by atoms with Crippen molar-refractivity contribution in [1.29, 1.82) is 0 Å². The summed E-state index contributed by atoms with van der Waals surface area (Å²) >= 11 is 0. The molecule has 0 aliphatic rings. The van der Waals surface area contributed by atoms with Gasteiger partial charge in [0.2, 0.25) is 0 Å². The molecule has 33 heteroatoms. The smallest absolute Gasteiger partial charge is 0.460 e. The minimum atomic E-state index is -9.94. The van der Waals surface area contributed by atoms with E-state index in [9.17, 15) is 136 Å². The number of rotatable bonds is 14. The van der Waals surface area contributed by atoms with E-state index in [1.54, 1.807) is 0 Å². The Bertz CT molecular complexity index is 1500. The molecule has 0 radical (unpaired) electrons. The molecule has 0 saturated carbocycles. The van der Waals surface area contributed by atoms with Crippen molar-refractivity contribution < 1.29 is 146 Å². The van der Waals surface area contributed by atoms with Crippen molar-refractivity contribution in [2.75, 3.05) is 6.61 Å². The average molecular weight is 892 g/mol. The normalized spacial score (nSPS) is 16.5. The first kappa shape index (κ1) is 49.8. The number of benzene rings is 1. The number of hydrogen-bond donors (Lipinski definition) is 1. The van der Waals surface area contributed by atoms with Gasteiger partial charge < -0.3 is 9.84 Å². The van der Waals surface area contributed by atoms with Crippen LogP contribution in [0.2, 0.25) is 0 Å². The predicted molar refractivity (Wildman–Crippen MR) is 108 cm³/mol. The fourth-order valence-corrected chi connectivity index (χ4v) is 3.71. The van der Waals surface area contributed by atoms with Crippen LogP contribution in [0.5, 0.6) is 5.75 Å². The maximum absolute atomic E-state index is 14.2. The third-order valence-electron chi connectivity index (χ3n) is 6.91. The summed E-state index contributed by atoms with van der Waals surface area (Å²) in [4.78, 5) is 0. The van der Waals surface area contributed by atoms with E-state index in [-0.39, 0.29) is 12.1 Å².